The fourth-order valence-corrected chi connectivity index (χ4v) is 5.92. The average molecular weight is 492 g/mol. The number of nitrogens with zero attached hydrogens (tertiary/aromatic N) is 1. The fraction of sp³-hybridized carbons (Fsp3) is 0.259. The van der Waals surface area contributed by atoms with Crippen LogP contribution in [0.15, 0.2) is 77.7 Å². The second-order valence-electron chi connectivity index (χ2n) is 8.57. The second kappa shape index (κ2) is 10.4. The van der Waals surface area contributed by atoms with Gasteiger partial charge in [0, 0.05) is 30.8 Å². The third kappa shape index (κ3) is 5.44. The summed E-state index contributed by atoms with van der Waals surface area (Å²) in [4.78, 5) is 24.8. The van der Waals surface area contributed by atoms with Crippen molar-refractivity contribution < 1.29 is 18.0 Å². The smallest absolute Gasteiger partial charge is 0.243 e. The summed E-state index contributed by atoms with van der Waals surface area (Å²) in [7, 11) is -3.89. The van der Waals surface area contributed by atoms with Crippen molar-refractivity contribution in [2.24, 2.45) is 0 Å². The quantitative estimate of drug-likeness (QED) is 0.502. The molecule has 8 heteroatoms. The number of hydrogen-bond acceptors (Lipinski definition) is 4. The molecule has 0 aliphatic carbocycles. The Morgan fingerprint density at radius 2 is 1.60 bits per heavy atom. The highest BCUT2D eigenvalue weighted by molar-refractivity contribution is 7.89. The first kappa shape index (κ1) is 24.6. The zero-order valence-corrected chi connectivity index (χ0v) is 20.6. The van der Waals surface area contributed by atoms with Gasteiger partial charge in [-0.3, -0.25) is 9.59 Å². The van der Waals surface area contributed by atoms with Crippen LogP contribution in [0.2, 0.25) is 0 Å². The summed E-state index contributed by atoms with van der Waals surface area (Å²) < 4.78 is 28.8. The SMILES string of the molecule is CCC(=O)Nc1ccc(S(=O)(=O)N2CCc3ccccc3C2CC(=O)Nc2ccccc2C)cc1. The normalized spacial score (nSPS) is 15.8. The lowest BCUT2D eigenvalue weighted by Crippen LogP contribution is -2.41. The average Bonchev–Trinajstić information content (AvgIpc) is 2.85. The molecule has 35 heavy (non-hydrogen) atoms. The van der Waals surface area contributed by atoms with Crippen LogP contribution >= 0.6 is 0 Å². The maximum absolute atomic E-state index is 13.7. The first-order chi connectivity index (χ1) is 16.8. The summed E-state index contributed by atoms with van der Waals surface area (Å²) in [5.41, 5.74) is 4.07. The molecular weight excluding hydrogens is 462 g/mol. The van der Waals surface area contributed by atoms with Crippen LogP contribution in [0.3, 0.4) is 0 Å². The van der Waals surface area contributed by atoms with E-state index < -0.39 is 16.1 Å². The lowest BCUT2D eigenvalue weighted by molar-refractivity contribution is -0.117. The number of fused-ring (bicyclic) bond motifs is 1. The van der Waals surface area contributed by atoms with Gasteiger partial charge in [0.25, 0.3) is 0 Å². The molecule has 4 rings (SSSR count). The Hall–Kier alpha value is -3.49. The van der Waals surface area contributed by atoms with Crippen molar-refractivity contribution >= 4 is 33.2 Å². The third-order valence-electron chi connectivity index (χ3n) is 6.23. The number of sulfonamides is 1. The summed E-state index contributed by atoms with van der Waals surface area (Å²) in [6, 6.07) is 20.7. The second-order valence-corrected chi connectivity index (χ2v) is 10.5. The fourth-order valence-electron chi connectivity index (χ4n) is 4.31. The monoisotopic (exact) mass is 491 g/mol. The predicted octanol–water partition coefficient (Wildman–Crippen LogP) is 4.66. The highest BCUT2D eigenvalue weighted by Gasteiger charge is 2.37. The van der Waals surface area contributed by atoms with Crippen LogP contribution in [0.1, 0.15) is 42.5 Å². The van der Waals surface area contributed by atoms with Crippen LogP contribution in [0.25, 0.3) is 0 Å². The Morgan fingerprint density at radius 1 is 0.914 bits per heavy atom. The number of carbonyl (C=O) groups excluding carboxylic acids is 2. The lowest BCUT2D eigenvalue weighted by atomic mass is 9.92. The zero-order valence-electron chi connectivity index (χ0n) is 19.8. The van der Waals surface area contributed by atoms with Gasteiger partial charge >= 0.3 is 0 Å². The van der Waals surface area contributed by atoms with Crippen LogP contribution in [0.5, 0.6) is 0 Å². The van der Waals surface area contributed by atoms with Crippen LogP contribution in [0, 0.1) is 6.92 Å². The van der Waals surface area contributed by atoms with Crippen LogP contribution in [0.4, 0.5) is 11.4 Å². The summed E-state index contributed by atoms with van der Waals surface area (Å²) in [5, 5.41) is 5.66. The van der Waals surface area contributed by atoms with E-state index >= 15 is 0 Å². The minimum absolute atomic E-state index is 0.00474. The van der Waals surface area contributed by atoms with E-state index in [1.165, 1.54) is 16.4 Å². The van der Waals surface area contributed by atoms with Gasteiger partial charge in [0.05, 0.1) is 10.9 Å². The topological polar surface area (TPSA) is 95.6 Å². The molecule has 0 radical (unpaired) electrons. The standard InChI is InChI=1S/C27H29N3O4S/c1-3-26(31)28-21-12-14-22(15-13-21)35(33,34)30-17-16-20-9-5-6-10-23(20)25(30)18-27(32)29-24-11-7-4-8-19(24)2/h4-15,25H,3,16-18H2,1-2H3,(H,28,31)(H,29,32). The van der Waals surface area contributed by atoms with Crippen LogP contribution in [-0.2, 0) is 26.0 Å². The largest absolute Gasteiger partial charge is 0.326 e. The van der Waals surface area contributed by atoms with Gasteiger partial charge in [-0.25, -0.2) is 8.42 Å². The highest BCUT2D eigenvalue weighted by atomic mass is 32.2. The molecule has 1 aliphatic rings. The number of aryl methyl sites for hydroxylation is 1. The van der Waals surface area contributed by atoms with Crippen molar-refractivity contribution in [3.63, 3.8) is 0 Å². The molecule has 0 fully saturated rings. The van der Waals surface area contributed by atoms with Gasteiger partial charge in [0.2, 0.25) is 21.8 Å². The van der Waals surface area contributed by atoms with E-state index in [0.29, 0.717) is 24.2 Å². The number of hydrogen-bond donors (Lipinski definition) is 2. The van der Waals surface area contributed by atoms with Gasteiger partial charge in [-0.15, -0.1) is 0 Å². The maximum atomic E-state index is 13.7. The Balaban J connectivity index is 1.62. The van der Waals surface area contributed by atoms with E-state index in [4.69, 9.17) is 0 Å². The van der Waals surface area contributed by atoms with Gasteiger partial charge in [-0.1, -0.05) is 49.4 Å². The molecule has 0 spiro atoms. The van der Waals surface area contributed by atoms with Gasteiger partial charge in [0.15, 0.2) is 0 Å². The molecule has 182 valence electrons. The van der Waals surface area contributed by atoms with Crippen molar-refractivity contribution in [2.45, 2.75) is 44.0 Å². The Labute approximate surface area is 206 Å². The minimum Gasteiger partial charge on any atom is -0.326 e. The first-order valence-electron chi connectivity index (χ1n) is 11.6. The van der Waals surface area contributed by atoms with Gasteiger partial charge < -0.3 is 10.6 Å². The zero-order chi connectivity index (χ0) is 25.0. The van der Waals surface area contributed by atoms with E-state index in [1.54, 1.807) is 19.1 Å². The Morgan fingerprint density at radius 3 is 2.31 bits per heavy atom. The van der Waals surface area contributed by atoms with Gasteiger partial charge in [0.1, 0.15) is 0 Å². The van der Waals surface area contributed by atoms with E-state index in [0.717, 1.165) is 16.7 Å². The summed E-state index contributed by atoms with van der Waals surface area (Å²) in [5.74, 6) is -0.396. The summed E-state index contributed by atoms with van der Waals surface area (Å²) >= 11 is 0. The number of anilines is 2. The molecule has 1 unspecified atom stereocenters. The van der Waals surface area contributed by atoms with Crippen molar-refractivity contribution in [3.05, 3.63) is 89.5 Å². The van der Waals surface area contributed by atoms with Crippen molar-refractivity contribution in [1.82, 2.24) is 4.31 Å². The third-order valence-corrected chi connectivity index (χ3v) is 8.15. The molecule has 2 N–H and O–H groups in total. The van der Waals surface area contributed by atoms with E-state index in [2.05, 4.69) is 10.6 Å². The Kier molecular flexibility index (Phi) is 7.33. The lowest BCUT2D eigenvalue weighted by Gasteiger charge is -2.36. The number of rotatable bonds is 7. The molecule has 1 aliphatic heterocycles. The number of para-hydroxylation sites is 1. The van der Waals surface area contributed by atoms with E-state index in [1.807, 2.05) is 55.5 Å². The maximum Gasteiger partial charge on any atom is 0.243 e. The van der Waals surface area contributed by atoms with Gasteiger partial charge in [-0.05, 0) is 60.4 Å². The number of carbonyl (C=O) groups is 2. The van der Waals surface area contributed by atoms with E-state index in [-0.39, 0.29) is 29.7 Å². The molecule has 2 amide bonds. The number of nitrogens with one attached hydrogen (secondary N) is 2. The molecule has 1 atom stereocenters. The summed E-state index contributed by atoms with van der Waals surface area (Å²) in [6.07, 6.45) is 0.894. The first-order valence-corrected chi connectivity index (χ1v) is 13.1. The molecule has 1 heterocycles. The highest BCUT2D eigenvalue weighted by Crippen LogP contribution is 2.37. The van der Waals surface area contributed by atoms with Crippen LogP contribution < -0.4 is 10.6 Å². The van der Waals surface area contributed by atoms with Crippen molar-refractivity contribution in [3.8, 4) is 0 Å². The molecule has 3 aromatic carbocycles. The molecule has 3 aromatic rings. The van der Waals surface area contributed by atoms with Crippen molar-refractivity contribution in [2.75, 3.05) is 17.2 Å². The molecule has 7 nitrogen and oxygen atoms in total. The number of amides is 2. The molecule has 0 aromatic heterocycles. The Bertz CT molecular complexity index is 1340. The van der Waals surface area contributed by atoms with Gasteiger partial charge in [-0.2, -0.15) is 4.31 Å². The molecular formula is C27H29N3O4S. The molecule has 0 saturated heterocycles. The predicted molar refractivity (Wildman–Crippen MR) is 137 cm³/mol. The van der Waals surface area contributed by atoms with Crippen LogP contribution in [-0.4, -0.2) is 31.1 Å². The summed E-state index contributed by atoms with van der Waals surface area (Å²) in [6.45, 7) is 3.93. The number of benzene rings is 3. The minimum atomic E-state index is -3.89. The molecule has 0 saturated carbocycles. The molecule has 0 bridgehead atoms. The van der Waals surface area contributed by atoms with E-state index in [9.17, 15) is 18.0 Å². The van der Waals surface area contributed by atoms with Crippen molar-refractivity contribution in [1.29, 1.82) is 0 Å².